The summed E-state index contributed by atoms with van der Waals surface area (Å²) in [5.41, 5.74) is 0.991. The minimum absolute atomic E-state index is 0.991. The predicted octanol–water partition coefficient (Wildman–Crippen LogP) is 5.18. The predicted molar refractivity (Wildman–Crippen MR) is 74.3 cm³/mol. The summed E-state index contributed by atoms with van der Waals surface area (Å²) in [6.45, 7) is 15.7. The lowest BCUT2D eigenvalue weighted by Crippen LogP contribution is -1.73. The highest BCUT2D eigenvalue weighted by atomic mass is 32.1. The smallest absolute Gasteiger partial charge is 0.0907 e. The van der Waals surface area contributed by atoms with Crippen molar-refractivity contribution >= 4 is 23.5 Å². The molecule has 1 heterocycles. The number of hydrogen-bond donors (Lipinski definition) is 0. The fourth-order valence-electron chi connectivity index (χ4n) is 0.876. The normalized spacial score (nSPS) is 8.67. The Morgan fingerprint density at radius 2 is 1.73 bits per heavy atom. The molecule has 2 heteroatoms. The molecule has 0 unspecified atom stereocenters. The molecule has 0 aromatic carbocycles. The number of nitrogens with zero attached hydrogens (tertiary/aromatic N) is 1. The zero-order valence-corrected chi connectivity index (χ0v) is 11.6. The first-order chi connectivity index (χ1) is 7.27. The molecule has 1 rings (SSSR count). The summed E-state index contributed by atoms with van der Waals surface area (Å²) in [4.78, 5) is 5.49. The number of rotatable bonds is 2. The third-order valence-electron chi connectivity index (χ3n) is 1.30. The summed E-state index contributed by atoms with van der Waals surface area (Å²) in [7, 11) is 0. The van der Waals surface area contributed by atoms with E-state index in [-0.39, 0.29) is 0 Å². The van der Waals surface area contributed by atoms with E-state index in [2.05, 4.69) is 17.6 Å². The minimum Gasteiger partial charge on any atom is -0.242 e. The molecule has 0 fully saturated rings. The fraction of sp³-hybridized carbons (Fsp3) is 0.462. The van der Waals surface area contributed by atoms with Crippen molar-refractivity contribution in [3.8, 4) is 0 Å². The van der Waals surface area contributed by atoms with E-state index in [0.717, 1.165) is 10.7 Å². The van der Waals surface area contributed by atoms with Crippen molar-refractivity contribution in [3.05, 3.63) is 28.2 Å². The second-order valence-electron chi connectivity index (χ2n) is 2.19. The van der Waals surface area contributed by atoms with Gasteiger partial charge in [0.05, 0.1) is 15.6 Å². The van der Waals surface area contributed by atoms with E-state index in [4.69, 9.17) is 0 Å². The van der Waals surface area contributed by atoms with E-state index in [0.29, 0.717) is 0 Å². The van der Waals surface area contributed by atoms with Crippen molar-refractivity contribution in [1.29, 1.82) is 0 Å². The average molecular weight is 225 g/mol. The van der Waals surface area contributed by atoms with Crippen LogP contribution < -0.4 is 0 Å². The molecule has 1 aromatic rings. The summed E-state index contributed by atoms with van der Waals surface area (Å²) >= 11 is 1.69. The number of aromatic nitrogens is 1. The molecule has 0 spiro atoms. The molecule has 0 amide bonds. The van der Waals surface area contributed by atoms with Gasteiger partial charge < -0.3 is 0 Å². The molecular weight excluding hydrogens is 202 g/mol. The van der Waals surface area contributed by atoms with Gasteiger partial charge in [0.25, 0.3) is 0 Å². The van der Waals surface area contributed by atoms with E-state index >= 15 is 0 Å². The van der Waals surface area contributed by atoms with Crippen molar-refractivity contribution in [2.24, 2.45) is 0 Å². The van der Waals surface area contributed by atoms with E-state index < -0.39 is 0 Å². The third kappa shape index (κ3) is 6.24. The molecule has 0 bridgehead atoms. The molecular formula is C13H23NS. The second kappa shape index (κ2) is 11.2. The lowest BCUT2D eigenvalue weighted by atomic mass is 10.3. The molecule has 0 atom stereocenters. The maximum atomic E-state index is 4.30. The quantitative estimate of drug-likeness (QED) is 0.676. The summed E-state index contributed by atoms with van der Waals surface area (Å²) in [5.74, 6) is 0. The molecule has 0 saturated heterocycles. The van der Waals surface area contributed by atoms with Crippen molar-refractivity contribution in [2.75, 3.05) is 0 Å². The molecule has 0 N–H and O–H groups in total. The maximum Gasteiger partial charge on any atom is 0.0907 e. The Morgan fingerprint density at radius 1 is 1.20 bits per heavy atom. The first kappa shape index (κ1) is 16.5. The minimum atomic E-state index is 0.991. The summed E-state index contributed by atoms with van der Waals surface area (Å²) in [5, 5.41) is 1.09. The van der Waals surface area contributed by atoms with Crippen molar-refractivity contribution in [2.45, 2.75) is 41.5 Å². The molecule has 0 aliphatic rings. The van der Waals surface area contributed by atoms with Gasteiger partial charge in [0, 0.05) is 0 Å². The van der Waals surface area contributed by atoms with Gasteiger partial charge in [-0.1, -0.05) is 40.3 Å². The van der Waals surface area contributed by atoms with Gasteiger partial charge in [-0.3, -0.25) is 0 Å². The molecule has 1 nitrogen and oxygen atoms in total. The number of thiazole rings is 1. The van der Waals surface area contributed by atoms with Crippen LogP contribution in [0.3, 0.4) is 0 Å². The van der Waals surface area contributed by atoms with Gasteiger partial charge in [-0.15, -0.1) is 11.3 Å². The van der Waals surface area contributed by atoms with Gasteiger partial charge in [-0.05, 0) is 26.0 Å². The molecule has 86 valence electrons. The zero-order valence-electron chi connectivity index (χ0n) is 10.8. The first-order valence-corrected chi connectivity index (χ1v) is 6.32. The van der Waals surface area contributed by atoms with Crippen molar-refractivity contribution in [1.82, 2.24) is 4.98 Å². The lowest BCUT2D eigenvalue weighted by Gasteiger charge is -1.84. The van der Waals surface area contributed by atoms with Crippen LogP contribution in [0.25, 0.3) is 12.2 Å². The van der Waals surface area contributed by atoms with Gasteiger partial charge in [0.1, 0.15) is 0 Å². The monoisotopic (exact) mass is 225 g/mol. The number of hydrogen-bond acceptors (Lipinski definition) is 2. The molecule has 0 aliphatic carbocycles. The Morgan fingerprint density at radius 3 is 2.13 bits per heavy atom. The van der Waals surface area contributed by atoms with Crippen LogP contribution >= 0.6 is 11.3 Å². The molecule has 1 aromatic heterocycles. The van der Waals surface area contributed by atoms with Gasteiger partial charge in [0.2, 0.25) is 0 Å². The number of allylic oxidation sites excluding steroid dienone is 1. The Kier molecular flexibility index (Phi) is 12.3. The van der Waals surface area contributed by atoms with Crippen LogP contribution in [-0.2, 0) is 0 Å². The van der Waals surface area contributed by atoms with E-state index in [9.17, 15) is 0 Å². The Bertz CT molecular complexity index is 285. The van der Waals surface area contributed by atoms with Gasteiger partial charge >= 0.3 is 0 Å². The summed E-state index contributed by atoms with van der Waals surface area (Å²) < 4.78 is 0. The van der Waals surface area contributed by atoms with E-state index in [1.54, 1.807) is 17.4 Å². The molecule has 0 saturated carbocycles. The Balaban J connectivity index is 0. The highest BCUT2D eigenvalue weighted by Crippen LogP contribution is 2.20. The second-order valence-corrected chi connectivity index (χ2v) is 3.42. The largest absolute Gasteiger partial charge is 0.242 e. The third-order valence-corrected chi connectivity index (χ3v) is 2.25. The highest BCUT2D eigenvalue weighted by molar-refractivity contribution is 7.12. The molecule has 15 heavy (non-hydrogen) atoms. The summed E-state index contributed by atoms with van der Waals surface area (Å²) in [6.07, 6.45) is 5.86. The van der Waals surface area contributed by atoms with Crippen molar-refractivity contribution < 1.29 is 0 Å². The standard InChI is InChI=1S/C9H11NS.2C2H6/c1-4-6-9-8(5-2)10-7(3)11-9;2*1-2/h4-6H,2H2,1,3H3;2*1-2H3/b6-4-;;. The average Bonchev–Trinajstić information content (AvgIpc) is 2.65. The van der Waals surface area contributed by atoms with Crippen LogP contribution in [-0.4, -0.2) is 4.98 Å². The number of aryl methyl sites for hydroxylation is 1. The van der Waals surface area contributed by atoms with Crippen LogP contribution in [0.5, 0.6) is 0 Å². The van der Waals surface area contributed by atoms with Crippen LogP contribution in [0.1, 0.15) is 50.2 Å². The van der Waals surface area contributed by atoms with E-state index in [1.807, 2.05) is 47.6 Å². The fourth-order valence-corrected chi connectivity index (χ4v) is 1.78. The van der Waals surface area contributed by atoms with Gasteiger partial charge in [0.15, 0.2) is 0 Å². The highest BCUT2D eigenvalue weighted by Gasteiger charge is 2.00. The maximum absolute atomic E-state index is 4.30. The lowest BCUT2D eigenvalue weighted by molar-refractivity contribution is 1.27. The first-order valence-electron chi connectivity index (χ1n) is 5.50. The SMILES string of the molecule is C=Cc1nc(C)sc1/C=C\C.CC.CC. The van der Waals surface area contributed by atoms with Gasteiger partial charge in [-0.2, -0.15) is 0 Å². The van der Waals surface area contributed by atoms with Crippen LogP contribution in [0, 0.1) is 6.92 Å². The van der Waals surface area contributed by atoms with Crippen molar-refractivity contribution in [3.63, 3.8) is 0 Å². The van der Waals surface area contributed by atoms with E-state index in [1.165, 1.54) is 4.88 Å². The van der Waals surface area contributed by atoms with Gasteiger partial charge in [-0.25, -0.2) is 4.98 Å². The van der Waals surface area contributed by atoms with Crippen LogP contribution in [0.15, 0.2) is 12.7 Å². The zero-order chi connectivity index (χ0) is 12.3. The van der Waals surface area contributed by atoms with Crippen LogP contribution in [0.2, 0.25) is 0 Å². The Hall–Kier alpha value is -0.890. The topological polar surface area (TPSA) is 12.9 Å². The van der Waals surface area contributed by atoms with Crippen LogP contribution in [0.4, 0.5) is 0 Å². The Labute approximate surface area is 98.6 Å². The molecule has 0 radical (unpaired) electrons. The molecule has 0 aliphatic heterocycles. The summed E-state index contributed by atoms with van der Waals surface area (Å²) in [6, 6.07) is 0.